The Morgan fingerprint density at radius 3 is 2.83 bits per heavy atom. The van der Waals surface area contributed by atoms with E-state index in [9.17, 15) is 0 Å². The third-order valence-corrected chi connectivity index (χ3v) is 4.70. The molecule has 4 aromatic rings. The van der Waals surface area contributed by atoms with Crippen molar-refractivity contribution in [2.45, 2.75) is 6.61 Å². The number of aromatic amines is 1. The first-order chi connectivity index (χ1) is 14.4. The Kier molecular flexibility index (Phi) is 4.71. The molecule has 3 aromatic heterocycles. The van der Waals surface area contributed by atoms with Crippen molar-refractivity contribution in [3.8, 4) is 17.4 Å². The summed E-state index contributed by atoms with van der Waals surface area (Å²) in [6.45, 7) is 3.01. The molecule has 146 valence electrons. The van der Waals surface area contributed by atoms with Gasteiger partial charge in [0, 0.05) is 30.2 Å². The number of pyridine rings is 1. The number of benzene rings is 1. The molecule has 0 aliphatic carbocycles. The number of anilines is 1. The van der Waals surface area contributed by atoms with E-state index >= 15 is 0 Å². The van der Waals surface area contributed by atoms with E-state index in [1.54, 1.807) is 12.4 Å². The van der Waals surface area contributed by atoms with E-state index in [2.05, 4.69) is 30.0 Å². The summed E-state index contributed by atoms with van der Waals surface area (Å²) in [6.07, 6.45) is 3.51. The second-order valence-corrected chi connectivity index (χ2v) is 6.59. The number of aromatic nitrogens is 6. The molecule has 0 amide bonds. The van der Waals surface area contributed by atoms with Crippen molar-refractivity contribution in [2.24, 2.45) is 0 Å². The van der Waals surface area contributed by atoms with Crippen molar-refractivity contribution in [3.63, 3.8) is 0 Å². The summed E-state index contributed by atoms with van der Waals surface area (Å²) < 4.78 is 11.3. The van der Waals surface area contributed by atoms with Gasteiger partial charge in [0.05, 0.1) is 30.6 Å². The lowest BCUT2D eigenvalue weighted by Crippen LogP contribution is -2.37. The van der Waals surface area contributed by atoms with Gasteiger partial charge < -0.3 is 14.4 Å². The van der Waals surface area contributed by atoms with Gasteiger partial charge in [-0.25, -0.2) is 0 Å². The average molecular weight is 389 g/mol. The van der Waals surface area contributed by atoms with Crippen molar-refractivity contribution in [2.75, 3.05) is 31.2 Å². The average Bonchev–Trinajstić information content (AvgIpc) is 3.28. The van der Waals surface area contributed by atoms with Gasteiger partial charge in [0.2, 0.25) is 5.95 Å². The number of fused-ring (bicyclic) bond motifs is 1. The number of ether oxygens (including phenoxy) is 2. The van der Waals surface area contributed by atoms with Crippen molar-refractivity contribution in [1.29, 1.82) is 0 Å². The van der Waals surface area contributed by atoms with E-state index in [4.69, 9.17) is 14.5 Å². The van der Waals surface area contributed by atoms with Crippen LogP contribution in [-0.4, -0.2) is 56.4 Å². The number of morpholine rings is 1. The van der Waals surface area contributed by atoms with Crippen LogP contribution in [0.5, 0.6) is 6.01 Å². The molecule has 0 unspecified atom stereocenters. The van der Waals surface area contributed by atoms with E-state index in [0.717, 1.165) is 35.2 Å². The van der Waals surface area contributed by atoms with E-state index in [1.165, 1.54) is 0 Å². The highest BCUT2D eigenvalue weighted by Gasteiger charge is 2.19. The summed E-state index contributed by atoms with van der Waals surface area (Å²) in [5.74, 6) is 1.12. The van der Waals surface area contributed by atoms with E-state index in [0.29, 0.717) is 25.0 Å². The van der Waals surface area contributed by atoms with Gasteiger partial charge in [-0.3, -0.25) is 10.1 Å². The normalized spacial score (nSPS) is 14.3. The standard InChI is InChI=1S/C20H19N7O2/c1-2-7-21-14(4-1)13-29-20-24-18(15-5-3-6-17-16(15)12-22-26-17)23-19(25-20)27-8-10-28-11-9-27/h1-7,12H,8-11,13H2,(H,22,26). The minimum atomic E-state index is 0.266. The molecule has 4 heterocycles. The quantitative estimate of drug-likeness (QED) is 0.554. The van der Waals surface area contributed by atoms with Gasteiger partial charge in [0.25, 0.3) is 0 Å². The molecule has 1 aliphatic rings. The highest BCUT2D eigenvalue weighted by Crippen LogP contribution is 2.27. The molecule has 1 fully saturated rings. The Labute approximate surface area is 166 Å². The largest absolute Gasteiger partial charge is 0.457 e. The number of hydrogen-bond acceptors (Lipinski definition) is 8. The first-order valence-electron chi connectivity index (χ1n) is 9.41. The molecule has 0 atom stereocenters. The summed E-state index contributed by atoms with van der Waals surface area (Å²) in [7, 11) is 0. The maximum atomic E-state index is 5.87. The Morgan fingerprint density at radius 2 is 1.97 bits per heavy atom. The van der Waals surface area contributed by atoms with Crippen LogP contribution in [0.4, 0.5) is 5.95 Å². The maximum Gasteiger partial charge on any atom is 0.322 e. The van der Waals surface area contributed by atoms with Crippen LogP contribution in [-0.2, 0) is 11.3 Å². The van der Waals surface area contributed by atoms with Crippen molar-refractivity contribution >= 4 is 16.9 Å². The fraction of sp³-hybridized carbons (Fsp3) is 0.250. The number of nitrogens with zero attached hydrogens (tertiary/aromatic N) is 6. The van der Waals surface area contributed by atoms with Crippen LogP contribution < -0.4 is 9.64 Å². The highest BCUT2D eigenvalue weighted by atomic mass is 16.5. The van der Waals surface area contributed by atoms with Crippen molar-refractivity contribution in [1.82, 2.24) is 30.1 Å². The second-order valence-electron chi connectivity index (χ2n) is 6.59. The van der Waals surface area contributed by atoms with E-state index in [1.807, 2.05) is 36.4 Å². The van der Waals surface area contributed by atoms with Crippen molar-refractivity contribution in [3.05, 3.63) is 54.5 Å². The lowest BCUT2D eigenvalue weighted by Gasteiger charge is -2.27. The molecule has 9 heteroatoms. The smallest absolute Gasteiger partial charge is 0.322 e. The fourth-order valence-electron chi connectivity index (χ4n) is 3.22. The van der Waals surface area contributed by atoms with Crippen LogP contribution in [0.3, 0.4) is 0 Å². The lowest BCUT2D eigenvalue weighted by atomic mass is 10.1. The van der Waals surface area contributed by atoms with Gasteiger partial charge in [-0.05, 0) is 18.2 Å². The van der Waals surface area contributed by atoms with Crippen molar-refractivity contribution < 1.29 is 9.47 Å². The third kappa shape index (κ3) is 3.72. The fourth-order valence-corrected chi connectivity index (χ4v) is 3.22. The molecule has 0 spiro atoms. The Bertz CT molecular complexity index is 1110. The molecule has 5 rings (SSSR count). The molecule has 29 heavy (non-hydrogen) atoms. The molecule has 1 saturated heterocycles. The molecule has 1 N–H and O–H groups in total. The van der Waals surface area contributed by atoms with Gasteiger partial charge in [0.15, 0.2) is 5.82 Å². The second kappa shape index (κ2) is 7.80. The minimum Gasteiger partial charge on any atom is -0.457 e. The van der Waals surface area contributed by atoms with Crippen LogP contribution in [0, 0.1) is 0 Å². The molecular weight excluding hydrogens is 370 g/mol. The number of hydrogen-bond donors (Lipinski definition) is 1. The first-order valence-corrected chi connectivity index (χ1v) is 9.41. The molecule has 1 aromatic carbocycles. The van der Waals surface area contributed by atoms with Crippen LogP contribution in [0.2, 0.25) is 0 Å². The number of H-pyrrole nitrogens is 1. The maximum absolute atomic E-state index is 5.87. The van der Waals surface area contributed by atoms with Gasteiger partial charge in [0.1, 0.15) is 6.61 Å². The minimum absolute atomic E-state index is 0.266. The summed E-state index contributed by atoms with van der Waals surface area (Å²) in [4.78, 5) is 20.2. The summed E-state index contributed by atoms with van der Waals surface area (Å²) >= 11 is 0. The predicted octanol–water partition coefficient (Wildman–Crippen LogP) is 2.23. The highest BCUT2D eigenvalue weighted by molar-refractivity contribution is 5.92. The summed E-state index contributed by atoms with van der Waals surface area (Å²) in [6, 6.07) is 11.8. The molecule has 1 aliphatic heterocycles. The Hall–Kier alpha value is -3.59. The SMILES string of the molecule is c1ccc(COc2nc(-c3cccc4[nH]ncc34)nc(N3CCOCC3)n2)nc1. The third-order valence-electron chi connectivity index (χ3n) is 4.70. The monoisotopic (exact) mass is 389 g/mol. The van der Waals surface area contributed by atoms with Crippen LogP contribution in [0.25, 0.3) is 22.3 Å². The molecule has 0 bridgehead atoms. The number of nitrogens with one attached hydrogen (secondary N) is 1. The zero-order valence-corrected chi connectivity index (χ0v) is 15.7. The summed E-state index contributed by atoms with van der Waals surface area (Å²) in [5.41, 5.74) is 2.60. The van der Waals surface area contributed by atoms with Gasteiger partial charge in [-0.1, -0.05) is 18.2 Å². The van der Waals surface area contributed by atoms with E-state index < -0.39 is 0 Å². The molecule has 0 saturated carbocycles. The first kappa shape index (κ1) is 17.5. The van der Waals surface area contributed by atoms with Gasteiger partial charge in [-0.15, -0.1) is 0 Å². The van der Waals surface area contributed by atoms with Gasteiger partial charge in [-0.2, -0.15) is 20.1 Å². The lowest BCUT2D eigenvalue weighted by molar-refractivity contribution is 0.122. The predicted molar refractivity (Wildman–Crippen MR) is 107 cm³/mol. The Balaban J connectivity index is 1.53. The zero-order valence-electron chi connectivity index (χ0n) is 15.7. The molecule has 0 radical (unpaired) electrons. The van der Waals surface area contributed by atoms with E-state index in [-0.39, 0.29) is 12.6 Å². The van der Waals surface area contributed by atoms with Crippen LogP contribution >= 0.6 is 0 Å². The molecule has 9 nitrogen and oxygen atoms in total. The topological polar surface area (TPSA) is 102 Å². The van der Waals surface area contributed by atoms with Crippen LogP contribution in [0.1, 0.15) is 5.69 Å². The van der Waals surface area contributed by atoms with Crippen LogP contribution in [0.15, 0.2) is 48.8 Å². The number of rotatable bonds is 5. The zero-order chi connectivity index (χ0) is 19.5. The Morgan fingerprint density at radius 1 is 1.03 bits per heavy atom. The molecular formula is C20H19N7O2. The summed E-state index contributed by atoms with van der Waals surface area (Å²) in [5, 5.41) is 8.06. The van der Waals surface area contributed by atoms with Gasteiger partial charge >= 0.3 is 6.01 Å².